The van der Waals surface area contributed by atoms with E-state index < -0.39 is 0 Å². The largest absolute Gasteiger partial charge is 0.469 e. The fourth-order valence-electron chi connectivity index (χ4n) is 5.37. The zero-order chi connectivity index (χ0) is 26.1. The molecule has 4 aromatic rings. The summed E-state index contributed by atoms with van der Waals surface area (Å²) in [6.45, 7) is 4.70. The summed E-state index contributed by atoms with van der Waals surface area (Å²) in [4.78, 5) is 32.4. The third-order valence-electron chi connectivity index (χ3n) is 7.41. The predicted molar refractivity (Wildman–Crippen MR) is 146 cm³/mol. The fraction of sp³-hybridized carbons (Fsp3) is 0.258. The first-order valence-corrected chi connectivity index (χ1v) is 12.5. The highest BCUT2D eigenvalue weighted by Crippen LogP contribution is 2.36. The van der Waals surface area contributed by atoms with E-state index in [4.69, 9.17) is 4.74 Å². The number of methoxy groups -OCH3 is 1. The molecule has 1 atom stereocenters. The average Bonchev–Trinajstić information content (AvgIpc) is 3.20. The van der Waals surface area contributed by atoms with Gasteiger partial charge in [0.15, 0.2) is 0 Å². The summed E-state index contributed by atoms with van der Waals surface area (Å²) in [7, 11) is 3.38. The minimum absolute atomic E-state index is 0.124. The molecule has 2 aromatic carbocycles. The monoisotopic (exact) mass is 493 g/mol. The van der Waals surface area contributed by atoms with Crippen molar-refractivity contribution in [3.63, 3.8) is 0 Å². The smallest absolute Gasteiger partial charge is 0.307 e. The van der Waals surface area contributed by atoms with Gasteiger partial charge in [0.05, 0.1) is 25.3 Å². The number of nitrogens with zero attached hydrogens (tertiary/aromatic N) is 3. The summed E-state index contributed by atoms with van der Waals surface area (Å²) in [6, 6.07) is 18.0. The third-order valence-corrected chi connectivity index (χ3v) is 7.41. The first-order chi connectivity index (χ1) is 17.9. The van der Waals surface area contributed by atoms with Gasteiger partial charge >= 0.3 is 5.97 Å². The molecule has 0 bridgehead atoms. The first kappa shape index (κ1) is 24.5. The zero-order valence-electron chi connectivity index (χ0n) is 21.7. The summed E-state index contributed by atoms with van der Waals surface area (Å²) < 4.78 is 7.06. The van der Waals surface area contributed by atoms with E-state index >= 15 is 0 Å². The quantitative estimate of drug-likeness (QED) is 0.270. The maximum absolute atomic E-state index is 13.7. The molecule has 0 radical (unpaired) electrons. The summed E-state index contributed by atoms with van der Waals surface area (Å²) in [6.07, 6.45) is 6.17. The van der Waals surface area contributed by atoms with Crippen molar-refractivity contribution in [2.24, 2.45) is 7.05 Å². The summed E-state index contributed by atoms with van der Waals surface area (Å²) in [5.74, 6) is -0.456. The van der Waals surface area contributed by atoms with Gasteiger partial charge in [-0.25, -0.2) is 4.98 Å². The number of ether oxygens (including phenoxy) is 1. The Bertz CT molecular complexity index is 1520. The average molecular weight is 494 g/mol. The molecule has 188 valence electrons. The van der Waals surface area contributed by atoms with Crippen LogP contribution in [0.25, 0.3) is 28.4 Å². The normalized spacial score (nSPS) is 15.2. The van der Waals surface area contributed by atoms with Crippen molar-refractivity contribution >= 4 is 29.0 Å². The van der Waals surface area contributed by atoms with Crippen LogP contribution in [0.3, 0.4) is 0 Å². The Hall–Kier alpha value is -4.19. The number of rotatable bonds is 5. The van der Waals surface area contributed by atoms with Crippen LogP contribution in [-0.2, 0) is 27.8 Å². The Morgan fingerprint density at radius 2 is 1.84 bits per heavy atom. The molecule has 2 aromatic heterocycles. The molecule has 0 saturated heterocycles. The SMILES string of the molecule is COC(=O)CC1c2cc(C)c(C)cc2CCN1C(=O)/C=C/c1c(-c2ccccc2)n(C)c2ncccc12. The highest BCUT2D eigenvalue weighted by Gasteiger charge is 2.32. The van der Waals surface area contributed by atoms with Crippen LogP contribution in [0.15, 0.2) is 66.9 Å². The lowest BCUT2D eigenvalue weighted by Crippen LogP contribution is -2.40. The van der Waals surface area contributed by atoms with Gasteiger partial charge in [-0.15, -0.1) is 0 Å². The number of pyridine rings is 1. The van der Waals surface area contributed by atoms with Crippen LogP contribution in [0.4, 0.5) is 0 Å². The first-order valence-electron chi connectivity index (χ1n) is 12.5. The van der Waals surface area contributed by atoms with Crippen LogP contribution in [0, 0.1) is 13.8 Å². The van der Waals surface area contributed by atoms with Crippen molar-refractivity contribution in [2.75, 3.05) is 13.7 Å². The second-order valence-corrected chi connectivity index (χ2v) is 9.61. The Morgan fingerprint density at radius 1 is 1.08 bits per heavy atom. The maximum Gasteiger partial charge on any atom is 0.307 e. The summed E-state index contributed by atoms with van der Waals surface area (Å²) in [5.41, 5.74) is 8.43. The number of esters is 1. The van der Waals surface area contributed by atoms with Crippen molar-refractivity contribution in [2.45, 2.75) is 32.7 Å². The van der Waals surface area contributed by atoms with Crippen LogP contribution >= 0.6 is 0 Å². The standard InChI is InChI=1S/C31H31N3O3/c1-20-17-23-14-16-34(27(19-29(36)37-4)26(23)18-21(20)2)28(35)13-12-24-25-11-8-15-32-31(25)33(3)30(24)22-9-6-5-7-10-22/h5-13,15,17-18,27H,14,16,19H2,1-4H3/b13-12+. The van der Waals surface area contributed by atoms with Crippen molar-refractivity contribution in [3.8, 4) is 11.3 Å². The highest BCUT2D eigenvalue weighted by molar-refractivity contribution is 6.00. The van der Waals surface area contributed by atoms with E-state index in [1.165, 1.54) is 18.2 Å². The van der Waals surface area contributed by atoms with Crippen molar-refractivity contribution in [3.05, 3.63) is 94.7 Å². The molecular formula is C31H31N3O3. The number of carbonyl (C=O) groups is 2. The zero-order valence-corrected chi connectivity index (χ0v) is 21.7. The molecule has 6 heteroatoms. The number of amides is 1. The molecule has 0 saturated carbocycles. The second-order valence-electron chi connectivity index (χ2n) is 9.61. The Morgan fingerprint density at radius 3 is 2.59 bits per heavy atom. The number of benzene rings is 2. The molecule has 0 aliphatic carbocycles. The number of aryl methyl sites for hydroxylation is 3. The van der Waals surface area contributed by atoms with Gasteiger partial charge in [0.2, 0.25) is 5.91 Å². The van der Waals surface area contributed by atoms with E-state index in [-0.39, 0.29) is 24.3 Å². The molecule has 37 heavy (non-hydrogen) atoms. The van der Waals surface area contributed by atoms with Gasteiger partial charge in [0, 0.05) is 36.8 Å². The van der Waals surface area contributed by atoms with E-state index in [1.54, 1.807) is 17.2 Å². The van der Waals surface area contributed by atoms with E-state index in [0.717, 1.165) is 45.4 Å². The second kappa shape index (κ2) is 10.1. The molecule has 0 spiro atoms. The van der Waals surface area contributed by atoms with Gasteiger partial charge in [-0.05, 0) is 66.3 Å². The van der Waals surface area contributed by atoms with Gasteiger partial charge in [0.1, 0.15) is 5.65 Å². The lowest BCUT2D eigenvalue weighted by atomic mass is 9.87. The molecule has 0 N–H and O–H groups in total. The molecule has 6 nitrogen and oxygen atoms in total. The van der Waals surface area contributed by atoms with E-state index in [9.17, 15) is 9.59 Å². The number of hydrogen-bond donors (Lipinski definition) is 0. The molecule has 3 heterocycles. The minimum Gasteiger partial charge on any atom is -0.469 e. The molecule has 1 unspecified atom stereocenters. The predicted octanol–water partition coefficient (Wildman–Crippen LogP) is 5.56. The summed E-state index contributed by atoms with van der Waals surface area (Å²) in [5, 5.41) is 0.981. The maximum atomic E-state index is 13.7. The molecule has 0 fully saturated rings. The van der Waals surface area contributed by atoms with Crippen LogP contribution in [-0.4, -0.2) is 40.0 Å². The van der Waals surface area contributed by atoms with E-state index in [1.807, 2.05) is 43.5 Å². The van der Waals surface area contributed by atoms with Crippen molar-refractivity contribution < 1.29 is 14.3 Å². The Kier molecular flexibility index (Phi) is 6.66. The lowest BCUT2D eigenvalue weighted by Gasteiger charge is -2.37. The number of fused-ring (bicyclic) bond motifs is 2. The topological polar surface area (TPSA) is 64.4 Å². The van der Waals surface area contributed by atoms with Crippen LogP contribution in [0.1, 0.15) is 40.3 Å². The minimum atomic E-state index is -0.365. The third kappa shape index (κ3) is 4.55. The Labute approximate surface area is 217 Å². The lowest BCUT2D eigenvalue weighted by molar-refractivity contribution is -0.143. The van der Waals surface area contributed by atoms with Crippen molar-refractivity contribution in [1.29, 1.82) is 0 Å². The Balaban J connectivity index is 1.54. The number of aromatic nitrogens is 2. The number of carbonyl (C=O) groups excluding carboxylic acids is 2. The van der Waals surface area contributed by atoms with Crippen LogP contribution in [0.5, 0.6) is 0 Å². The van der Waals surface area contributed by atoms with Crippen molar-refractivity contribution in [1.82, 2.24) is 14.5 Å². The van der Waals surface area contributed by atoms with Gasteiger partial charge in [0.25, 0.3) is 0 Å². The molecule has 1 aliphatic rings. The molecule has 1 aliphatic heterocycles. The van der Waals surface area contributed by atoms with E-state index in [2.05, 4.69) is 47.7 Å². The van der Waals surface area contributed by atoms with Crippen LogP contribution in [0.2, 0.25) is 0 Å². The summed E-state index contributed by atoms with van der Waals surface area (Å²) >= 11 is 0. The van der Waals surface area contributed by atoms with Gasteiger partial charge in [-0.1, -0.05) is 42.5 Å². The van der Waals surface area contributed by atoms with Gasteiger partial charge in [-0.3, -0.25) is 9.59 Å². The molecular weight excluding hydrogens is 462 g/mol. The fourth-order valence-corrected chi connectivity index (χ4v) is 5.37. The van der Waals surface area contributed by atoms with Gasteiger partial charge < -0.3 is 14.2 Å². The van der Waals surface area contributed by atoms with Gasteiger partial charge in [-0.2, -0.15) is 0 Å². The molecule has 1 amide bonds. The van der Waals surface area contributed by atoms with Crippen LogP contribution < -0.4 is 0 Å². The molecule has 5 rings (SSSR count). The number of hydrogen-bond acceptors (Lipinski definition) is 4. The highest BCUT2D eigenvalue weighted by atomic mass is 16.5. The van der Waals surface area contributed by atoms with E-state index in [0.29, 0.717) is 6.54 Å².